The van der Waals surface area contributed by atoms with Crippen molar-refractivity contribution in [3.05, 3.63) is 107 Å². The molecule has 3 aromatic carbocycles. The number of hydrogen-bond acceptors (Lipinski definition) is 7. The molecule has 0 spiro atoms. The Morgan fingerprint density at radius 2 is 1.85 bits per heavy atom. The molecule has 3 heterocycles. The second-order valence-corrected chi connectivity index (χ2v) is 12.3. The highest BCUT2D eigenvalue weighted by molar-refractivity contribution is 7.92. The van der Waals surface area contributed by atoms with Crippen LogP contribution in [0.15, 0.2) is 90.1 Å². The number of ether oxygens (including phenoxy) is 1. The van der Waals surface area contributed by atoms with Gasteiger partial charge in [-0.1, -0.05) is 41.7 Å². The monoisotopic (exact) mass is 570 g/mol. The number of pyridine rings is 1. The van der Waals surface area contributed by atoms with Crippen molar-refractivity contribution in [2.24, 2.45) is 0 Å². The summed E-state index contributed by atoms with van der Waals surface area (Å²) in [5, 5.41) is 0.516. The fourth-order valence-electron chi connectivity index (χ4n) is 4.89. The number of nitrogens with zero attached hydrogens (tertiary/aromatic N) is 4. The lowest BCUT2D eigenvalue weighted by Gasteiger charge is -2.21. The number of aromatic nitrogens is 2. The first kappa shape index (κ1) is 26.0. The normalized spacial score (nSPS) is 12.9. The van der Waals surface area contributed by atoms with Gasteiger partial charge in [0.2, 0.25) is 0 Å². The molecule has 0 saturated heterocycles. The van der Waals surface area contributed by atoms with E-state index >= 15 is 0 Å². The lowest BCUT2D eigenvalue weighted by molar-refractivity contribution is 0.0985. The van der Waals surface area contributed by atoms with Crippen molar-refractivity contribution in [3.8, 4) is 5.75 Å². The van der Waals surface area contributed by atoms with Crippen LogP contribution < -0.4 is 13.9 Å². The summed E-state index contributed by atoms with van der Waals surface area (Å²) in [4.78, 5) is 24.7. The van der Waals surface area contributed by atoms with E-state index in [1.54, 1.807) is 36.5 Å². The Bertz CT molecular complexity index is 1820. The molecular formula is C30H26N4O4S2. The molecule has 0 radical (unpaired) electrons. The standard InChI is InChI=1S/C30H26N4O4S2/c1-20-9-14-26(38-2)27-28(20)39-30(32-27)33(19-21-6-5-16-31-18-21)29(35)23-10-12-24(13-11-23)40(36,37)34-17-15-22-7-3-4-8-25(22)34/h3-14,16,18H,15,17,19H2,1-2H3. The average molecular weight is 571 g/mol. The van der Waals surface area contributed by atoms with Gasteiger partial charge in [0.15, 0.2) is 5.13 Å². The first-order valence-corrected chi connectivity index (χ1v) is 15.0. The van der Waals surface area contributed by atoms with Gasteiger partial charge in [0, 0.05) is 24.5 Å². The number of sulfonamides is 1. The molecule has 1 aliphatic heterocycles. The average Bonchev–Trinajstić information content (AvgIpc) is 3.63. The Kier molecular flexibility index (Phi) is 6.73. The van der Waals surface area contributed by atoms with E-state index in [1.807, 2.05) is 55.5 Å². The molecule has 0 bridgehead atoms. The minimum Gasteiger partial charge on any atom is -0.494 e. The number of carbonyl (C=O) groups excluding carboxylic acids is 1. The molecule has 40 heavy (non-hydrogen) atoms. The summed E-state index contributed by atoms with van der Waals surface area (Å²) in [7, 11) is -2.17. The molecule has 1 aliphatic rings. The Balaban J connectivity index is 1.35. The molecule has 8 nitrogen and oxygen atoms in total. The first-order valence-electron chi connectivity index (χ1n) is 12.7. The molecule has 5 aromatic rings. The van der Waals surface area contributed by atoms with E-state index in [1.165, 1.54) is 27.8 Å². The van der Waals surface area contributed by atoms with Crippen LogP contribution >= 0.6 is 11.3 Å². The Labute approximate surface area is 236 Å². The molecule has 0 aliphatic carbocycles. The zero-order chi connectivity index (χ0) is 27.9. The maximum atomic E-state index is 13.9. The second-order valence-electron chi connectivity index (χ2n) is 9.49. The lowest BCUT2D eigenvalue weighted by Crippen LogP contribution is -2.31. The van der Waals surface area contributed by atoms with Crippen LogP contribution in [-0.4, -0.2) is 37.9 Å². The van der Waals surface area contributed by atoms with Gasteiger partial charge in [0.05, 0.1) is 28.9 Å². The molecule has 10 heteroatoms. The van der Waals surface area contributed by atoms with Crippen LogP contribution in [-0.2, 0) is 23.0 Å². The number of fused-ring (bicyclic) bond motifs is 2. The number of aryl methyl sites for hydroxylation is 1. The lowest BCUT2D eigenvalue weighted by atomic mass is 10.2. The van der Waals surface area contributed by atoms with Crippen molar-refractivity contribution < 1.29 is 17.9 Å². The summed E-state index contributed by atoms with van der Waals surface area (Å²) in [6, 6.07) is 21.2. The van der Waals surface area contributed by atoms with Gasteiger partial charge in [-0.3, -0.25) is 19.0 Å². The molecular weight excluding hydrogens is 544 g/mol. The maximum Gasteiger partial charge on any atom is 0.264 e. The minimum absolute atomic E-state index is 0.139. The molecule has 1 amide bonds. The van der Waals surface area contributed by atoms with E-state index in [-0.39, 0.29) is 17.3 Å². The van der Waals surface area contributed by atoms with Gasteiger partial charge in [-0.05, 0) is 72.5 Å². The number of amides is 1. The van der Waals surface area contributed by atoms with Gasteiger partial charge >= 0.3 is 0 Å². The van der Waals surface area contributed by atoms with Gasteiger partial charge in [-0.25, -0.2) is 13.4 Å². The number of para-hydroxylation sites is 1. The summed E-state index contributed by atoms with van der Waals surface area (Å²) in [6.45, 7) is 2.63. The van der Waals surface area contributed by atoms with Crippen molar-refractivity contribution in [3.63, 3.8) is 0 Å². The Morgan fingerprint density at radius 3 is 2.60 bits per heavy atom. The van der Waals surface area contributed by atoms with E-state index in [2.05, 4.69) is 4.98 Å². The highest BCUT2D eigenvalue weighted by Crippen LogP contribution is 2.38. The van der Waals surface area contributed by atoms with E-state index in [0.29, 0.717) is 40.6 Å². The number of hydrogen-bond donors (Lipinski definition) is 0. The van der Waals surface area contributed by atoms with Crippen LogP contribution in [0.5, 0.6) is 5.75 Å². The number of thiazole rings is 1. The fraction of sp³-hybridized carbons (Fsp3) is 0.167. The third-order valence-electron chi connectivity index (χ3n) is 6.99. The molecule has 0 unspecified atom stereocenters. The van der Waals surface area contributed by atoms with Crippen molar-refractivity contribution in [1.82, 2.24) is 9.97 Å². The Morgan fingerprint density at radius 1 is 1.05 bits per heavy atom. The fourth-order valence-corrected chi connectivity index (χ4v) is 7.44. The summed E-state index contributed by atoms with van der Waals surface area (Å²) in [5.41, 5.74) is 4.63. The van der Waals surface area contributed by atoms with Crippen LogP contribution in [0.3, 0.4) is 0 Å². The predicted octanol–water partition coefficient (Wildman–Crippen LogP) is 5.61. The SMILES string of the molecule is COc1ccc(C)c2sc(N(Cc3cccnc3)C(=O)c3ccc(S(=O)(=O)N4CCc5ccccc54)cc3)nc12. The number of carbonyl (C=O) groups is 1. The first-order chi connectivity index (χ1) is 19.4. The van der Waals surface area contributed by atoms with Gasteiger partial charge in [0.1, 0.15) is 11.3 Å². The quantitative estimate of drug-likeness (QED) is 0.253. The highest BCUT2D eigenvalue weighted by atomic mass is 32.2. The zero-order valence-electron chi connectivity index (χ0n) is 21.9. The van der Waals surface area contributed by atoms with Crippen molar-refractivity contribution in [1.29, 1.82) is 0 Å². The predicted molar refractivity (Wildman–Crippen MR) is 157 cm³/mol. The summed E-state index contributed by atoms with van der Waals surface area (Å²) >= 11 is 1.41. The minimum atomic E-state index is -3.77. The van der Waals surface area contributed by atoms with Crippen LogP contribution in [0.25, 0.3) is 10.2 Å². The zero-order valence-corrected chi connectivity index (χ0v) is 23.6. The van der Waals surface area contributed by atoms with Gasteiger partial charge < -0.3 is 4.74 Å². The van der Waals surface area contributed by atoms with Gasteiger partial charge in [-0.15, -0.1) is 0 Å². The number of anilines is 2. The second kappa shape index (κ2) is 10.4. The van der Waals surface area contributed by atoms with E-state index in [9.17, 15) is 13.2 Å². The molecule has 202 valence electrons. The largest absolute Gasteiger partial charge is 0.494 e. The third kappa shape index (κ3) is 4.59. The maximum absolute atomic E-state index is 13.9. The van der Waals surface area contributed by atoms with E-state index in [0.717, 1.165) is 21.4 Å². The topological polar surface area (TPSA) is 92.7 Å². The third-order valence-corrected chi connectivity index (χ3v) is 10.0. The van der Waals surface area contributed by atoms with Gasteiger partial charge in [0.25, 0.3) is 15.9 Å². The molecule has 0 atom stereocenters. The van der Waals surface area contributed by atoms with Gasteiger partial charge in [-0.2, -0.15) is 0 Å². The molecule has 6 rings (SSSR count). The van der Waals surface area contributed by atoms with Crippen LogP contribution in [0.1, 0.15) is 27.0 Å². The highest BCUT2D eigenvalue weighted by Gasteiger charge is 2.31. The van der Waals surface area contributed by atoms with E-state index < -0.39 is 10.0 Å². The molecule has 0 N–H and O–H groups in total. The number of rotatable bonds is 7. The molecule has 0 saturated carbocycles. The van der Waals surface area contributed by atoms with Crippen LogP contribution in [0.2, 0.25) is 0 Å². The van der Waals surface area contributed by atoms with E-state index in [4.69, 9.17) is 9.72 Å². The van der Waals surface area contributed by atoms with Crippen molar-refractivity contribution in [2.45, 2.75) is 24.8 Å². The molecule has 0 fully saturated rings. The Hall–Kier alpha value is -4.28. The summed E-state index contributed by atoms with van der Waals surface area (Å²) in [6.07, 6.45) is 4.06. The number of benzene rings is 3. The summed E-state index contributed by atoms with van der Waals surface area (Å²) < 4.78 is 34.8. The summed E-state index contributed by atoms with van der Waals surface area (Å²) in [5.74, 6) is 0.338. The molecule has 2 aromatic heterocycles. The van der Waals surface area contributed by atoms with Crippen LogP contribution in [0.4, 0.5) is 10.8 Å². The van der Waals surface area contributed by atoms with Crippen molar-refractivity contribution in [2.75, 3.05) is 22.9 Å². The number of methoxy groups -OCH3 is 1. The van der Waals surface area contributed by atoms with Crippen LogP contribution in [0, 0.1) is 6.92 Å². The smallest absolute Gasteiger partial charge is 0.264 e. The van der Waals surface area contributed by atoms with Crippen molar-refractivity contribution >= 4 is 48.3 Å².